The normalized spacial score (nSPS) is 19.2. The highest BCUT2D eigenvalue weighted by Crippen LogP contribution is 2.30. The third-order valence-corrected chi connectivity index (χ3v) is 3.06. The molecule has 0 unspecified atom stereocenters. The second kappa shape index (κ2) is 6.43. The van der Waals surface area contributed by atoms with E-state index in [0.717, 1.165) is 45.2 Å². The van der Waals surface area contributed by atoms with E-state index in [1.54, 1.807) is 14.2 Å². The van der Waals surface area contributed by atoms with E-state index in [-0.39, 0.29) is 6.29 Å². The fraction of sp³-hybridized carbons (Fsp3) is 1.00. The Morgan fingerprint density at radius 3 is 2.47 bits per heavy atom. The summed E-state index contributed by atoms with van der Waals surface area (Å²) in [4.78, 5) is 0. The van der Waals surface area contributed by atoms with Crippen LogP contribution in [0.15, 0.2) is 0 Å². The molecule has 90 valence electrons. The smallest absolute Gasteiger partial charge is 0.156 e. The van der Waals surface area contributed by atoms with Gasteiger partial charge in [-0.3, -0.25) is 0 Å². The molecule has 0 aromatic heterocycles. The first-order chi connectivity index (χ1) is 7.20. The highest BCUT2D eigenvalue weighted by molar-refractivity contribution is 4.89. The maximum absolute atomic E-state index is 9.80. The van der Waals surface area contributed by atoms with Gasteiger partial charge in [-0.1, -0.05) is 0 Å². The molecule has 0 aliphatic heterocycles. The quantitative estimate of drug-likeness (QED) is 0.468. The highest BCUT2D eigenvalue weighted by atomic mass is 16.7. The Kier molecular flexibility index (Phi) is 5.53. The second-order valence-corrected chi connectivity index (χ2v) is 4.30. The molecule has 4 heteroatoms. The molecule has 0 aromatic rings. The van der Waals surface area contributed by atoms with Crippen molar-refractivity contribution in [3.8, 4) is 0 Å². The molecule has 0 radical (unpaired) electrons. The van der Waals surface area contributed by atoms with Crippen LogP contribution in [0.2, 0.25) is 0 Å². The molecule has 0 heterocycles. The van der Waals surface area contributed by atoms with Gasteiger partial charge in [-0.25, -0.2) is 0 Å². The molecule has 1 aliphatic carbocycles. The number of rotatable bonds is 8. The van der Waals surface area contributed by atoms with Gasteiger partial charge in [-0.15, -0.1) is 0 Å². The summed E-state index contributed by atoms with van der Waals surface area (Å²) < 4.78 is 10.2. The van der Waals surface area contributed by atoms with Crippen LogP contribution in [-0.2, 0) is 9.47 Å². The molecule has 15 heavy (non-hydrogen) atoms. The first-order valence-electron chi connectivity index (χ1n) is 5.69. The first-order valence-corrected chi connectivity index (χ1v) is 5.69. The summed E-state index contributed by atoms with van der Waals surface area (Å²) in [6.45, 7) is 1.63. The Hall–Kier alpha value is -0.160. The van der Waals surface area contributed by atoms with Gasteiger partial charge in [0.2, 0.25) is 0 Å². The third kappa shape index (κ3) is 4.47. The van der Waals surface area contributed by atoms with Gasteiger partial charge in [0.25, 0.3) is 0 Å². The molecule has 1 saturated carbocycles. The minimum Gasteiger partial charge on any atom is -0.389 e. The van der Waals surface area contributed by atoms with Crippen LogP contribution in [0.1, 0.15) is 32.1 Å². The minimum absolute atomic E-state index is 0.0985. The lowest BCUT2D eigenvalue weighted by Gasteiger charge is -2.36. The summed E-state index contributed by atoms with van der Waals surface area (Å²) in [7, 11) is 3.30. The van der Waals surface area contributed by atoms with Crippen LogP contribution in [0, 0.1) is 0 Å². The predicted molar refractivity (Wildman–Crippen MR) is 58.7 cm³/mol. The van der Waals surface area contributed by atoms with Crippen molar-refractivity contribution < 1.29 is 14.6 Å². The predicted octanol–water partition coefficient (Wildman–Crippen LogP) is 0.890. The van der Waals surface area contributed by atoms with E-state index in [9.17, 15) is 5.11 Å². The summed E-state index contributed by atoms with van der Waals surface area (Å²) in [6, 6.07) is 0. The minimum atomic E-state index is -0.415. The highest BCUT2D eigenvalue weighted by Gasteiger charge is 2.33. The summed E-state index contributed by atoms with van der Waals surface area (Å²) in [5.41, 5.74) is -0.415. The number of hydrogen-bond donors (Lipinski definition) is 2. The van der Waals surface area contributed by atoms with Crippen LogP contribution >= 0.6 is 0 Å². The molecule has 0 atom stereocenters. The van der Waals surface area contributed by atoms with E-state index in [2.05, 4.69) is 5.32 Å². The molecule has 0 aromatic carbocycles. The zero-order chi connectivity index (χ0) is 11.1. The molecular formula is C11H23NO3. The zero-order valence-electron chi connectivity index (χ0n) is 9.79. The van der Waals surface area contributed by atoms with Gasteiger partial charge >= 0.3 is 0 Å². The second-order valence-electron chi connectivity index (χ2n) is 4.30. The number of ether oxygens (including phenoxy) is 2. The summed E-state index contributed by atoms with van der Waals surface area (Å²) in [6.07, 6.45) is 4.84. The van der Waals surface area contributed by atoms with Crippen molar-refractivity contribution >= 4 is 0 Å². The van der Waals surface area contributed by atoms with Crippen LogP contribution in [0.25, 0.3) is 0 Å². The molecule has 2 N–H and O–H groups in total. The van der Waals surface area contributed by atoms with E-state index < -0.39 is 5.60 Å². The fourth-order valence-corrected chi connectivity index (χ4v) is 1.81. The number of nitrogens with one attached hydrogen (secondary N) is 1. The van der Waals surface area contributed by atoms with E-state index in [1.807, 2.05) is 0 Å². The Morgan fingerprint density at radius 1 is 1.33 bits per heavy atom. The van der Waals surface area contributed by atoms with Gasteiger partial charge in [-0.05, 0) is 38.6 Å². The number of aliphatic hydroxyl groups is 1. The zero-order valence-corrected chi connectivity index (χ0v) is 9.79. The monoisotopic (exact) mass is 217 g/mol. The molecular weight excluding hydrogens is 194 g/mol. The average Bonchev–Trinajstić information content (AvgIpc) is 2.21. The van der Waals surface area contributed by atoms with Crippen molar-refractivity contribution in [2.75, 3.05) is 27.3 Å². The molecule has 1 rings (SSSR count). The topological polar surface area (TPSA) is 50.7 Å². The Bertz CT molecular complexity index is 167. The van der Waals surface area contributed by atoms with E-state index in [0.29, 0.717) is 0 Å². The summed E-state index contributed by atoms with van der Waals surface area (Å²) in [5, 5.41) is 13.1. The van der Waals surface area contributed by atoms with Crippen molar-refractivity contribution in [1.29, 1.82) is 0 Å². The van der Waals surface area contributed by atoms with Crippen molar-refractivity contribution in [2.45, 2.75) is 44.0 Å². The fourth-order valence-electron chi connectivity index (χ4n) is 1.81. The number of hydrogen-bond acceptors (Lipinski definition) is 4. The molecule has 0 amide bonds. The Labute approximate surface area is 92.0 Å². The van der Waals surface area contributed by atoms with Crippen molar-refractivity contribution in [2.24, 2.45) is 0 Å². The maximum Gasteiger partial charge on any atom is 0.156 e. The van der Waals surface area contributed by atoms with Crippen LogP contribution in [-0.4, -0.2) is 44.3 Å². The Morgan fingerprint density at radius 2 is 2.00 bits per heavy atom. The molecule has 0 saturated heterocycles. The van der Waals surface area contributed by atoms with Crippen LogP contribution in [0.5, 0.6) is 0 Å². The van der Waals surface area contributed by atoms with Gasteiger partial charge < -0.3 is 19.9 Å². The SMILES string of the molecule is COC(CCCNCC1(O)CCC1)OC. The standard InChI is InChI=1S/C11H23NO3/c1-14-10(15-2)5-3-8-12-9-11(13)6-4-7-11/h10,12-13H,3-9H2,1-2H3. The average molecular weight is 217 g/mol. The van der Waals surface area contributed by atoms with Gasteiger partial charge in [0.05, 0.1) is 5.60 Å². The van der Waals surface area contributed by atoms with Crippen molar-refractivity contribution in [3.05, 3.63) is 0 Å². The van der Waals surface area contributed by atoms with E-state index in [1.165, 1.54) is 0 Å². The van der Waals surface area contributed by atoms with E-state index >= 15 is 0 Å². The van der Waals surface area contributed by atoms with Crippen LogP contribution in [0.3, 0.4) is 0 Å². The number of methoxy groups -OCH3 is 2. The van der Waals surface area contributed by atoms with Gasteiger partial charge in [0, 0.05) is 20.8 Å². The van der Waals surface area contributed by atoms with Crippen molar-refractivity contribution in [1.82, 2.24) is 5.32 Å². The van der Waals surface area contributed by atoms with Crippen LogP contribution < -0.4 is 5.32 Å². The van der Waals surface area contributed by atoms with Gasteiger partial charge in [-0.2, -0.15) is 0 Å². The molecule has 0 bridgehead atoms. The lowest BCUT2D eigenvalue weighted by Crippen LogP contribution is -2.46. The van der Waals surface area contributed by atoms with Crippen LogP contribution in [0.4, 0.5) is 0 Å². The lowest BCUT2D eigenvalue weighted by atomic mass is 9.80. The van der Waals surface area contributed by atoms with Gasteiger partial charge in [0.1, 0.15) is 0 Å². The maximum atomic E-state index is 9.80. The molecule has 1 aliphatic rings. The Balaban J connectivity index is 1.92. The molecule has 4 nitrogen and oxygen atoms in total. The summed E-state index contributed by atoms with van der Waals surface area (Å²) >= 11 is 0. The van der Waals surface area contributed by atoms with Crippen molar-refractivity contribution in [3.63, 3.8) is 0 Å². The van der Waals surface area contributed by atoms with E-state index in [4.69, 9.17) is 9.47 Å². The molecule has 1 fully saturated rings. The third-order valence-electron chi connectivity index (χ3n) is 3.06. The lowest BCUT2D eigenvalue weighted by molar-refractivity contribution is -0.107. The largest absolute Gasteiger partial charge is 0.389 e. The molecule has 0 spiro atoms. The summed E-state index contributed by atoms with van der Waals surface area (Å²) in [5.74, 6) is 0. The first kappa shape index (κ1) is 12.9. The van der Waals surface area contributed by atoms with Gasteiger partial charge in [0.15, 0.2) is 6.29 Å².